The minimum atomic E-state index is -1.25. The number of carbonyl (C=O) groups is 3. The van der Waals surface area contributed by atoms with Crippen LogP contribution < -0.4 is 10.6 Å². The summed E-state index contributed by atoms with van der Waals surface area (Å²) in [7, 11) is 0. The van der Waals surface area contributed by atoms with Crippen LogP contribution in [0.2, 0.25) is 0 Å². The Morgan fingerprint density at radius 3 is 1.65 bits per heavy atom. The molecule has 8 heteroatoms. The van der Waals surface area contributed by atoms with Crippen molar-refractivity contribution in [3.63, 3.8) is 0 Å². The first-order valence-corrected chi connectivity index (χ1v) is 18.5. The van der Waals surface area contributed by atoms with E-state index in [1.165, 1.54) is 62.5 Å². The maximum Gasteiger partial charge on any atom is 0.321 e. The van der Waals surface area contributed by atoms with Crippen LogP contribution >= 0.6 is 0 Å². The van der Waals surface area contributed by atoms with Crippen molar-refractivity contribution in [2.24, 2.45) is 5.92 Å². The summed E-state index contributed by atoms with van der Waals surface area (Å²) in [5, 5.41) is 6.44. The summed E-state index contributed by atoms with van der Waals surface area (Å²) in [6.45, 7) is 4.84. The van der Waals surface area contributed by atoms with Crippen molar-refractivity contribution < 1.29 is 19.1 Å². The minimum Gasteiger partial charge on any atom is -0.460 e. The van der Waals surface area contributed by atoms with Crippen molar-refractivity contribution in [2.75, 3.05) is 13.1 Å². The van der Waals surface area contributed by atoms with E-state index in [1.807, 2.05) is 42.5 Å². The molecule has 3 aromatic carbocycles. The number of aryl methyl sites for hydroxylation is 2. The van der Waals surface area contributed by atoms with Gasteiger partial charge in [0.2, 0.25) is 0 Å². The van der Waals surface area contributed by atoms with Gasteiger partial charge in [-0.15, -0.1) is 0 Å². The Hall–Kier alpha value is -4.33. The Labute approximate surface area is 291 Å². The van der Waals surface area contributed by atoms with Gasteiger partial charge in [-0.2, -0.15) is 0 Å². The first kappa shape index (κ1) is 34.5. The Kier molecular flexibility index (Phi) is 10.9. The molecule has 2 N–H and O–H groups in total. The molecule has 6 rings (SSSR count). The van der Waals surface area contributed by atoms with Crippen LogP contribution in [-0.2, 0) is 40.3 Å². The minimum absolute atomic E-state index is 0.127. The largest absolute Gasteiger partial charge is 0.460 e. The Balaban J connectivity index is 1.30. The van der Waals surface area contributed by atoms with E-state index in [0.717, 1.165) is 42.4 Å². The molecule has 0 atom stereocenters. The molecule has 0 radical (unpaired) electrons. The summed E-state index contributed by atoms with van der Waals surface area (Å²) in [6, 6.07) is 25.6. The predicted molar refractivity (Wildman–Crippen MR) is 191 cm³/mol. The number of carbonyl (C=O) groups excluding carboxylic acids is 3. The molecule has 8 nitrogen and oxygen atoms in total. The lowest BCUT2D eigenvalue weighted by Gasteiger charge is -2.51. The summed E-state index contributed by atoms with van der Waals surface area (Å²) >= 11 is 0. The number of hydrogen-bond donors (Lipinski definition) is 2. The van der Waals surface area contributed by atoms with Crippen molar-refractivity contribution in [2.45, 2.75) is 109 Å². The Bertz CT molecular complexity index is 1550. The molecule has 3 aromatic rings. The third kappa shape index (κ3) is 6.79. The summed E-state index contributed by atoms with van der Waals surface area (Å²) < 4.78 is 5.73. The lowest BCUT2D eigenvalue weighted by molar-refractivity contribution is -0.157. The number of esters is 1. The van der Waals surface area contributed by atoms with Gasteiger partial charge in [0.1, 0.15) is 6.61 Å². The zero-order chi connectivity index (χ0) is 34.3. The van der Waals surface area contributed by atoms with Crippen molar-refractivity contribution in [3.8, 4) is 0 Å². The highest BCUT2D eigenvalue weighted by Gasteiger charge is 2.75. The first-order valence-electron chi connectivity index (χ1n) is 18.5. The van der Waals surface area contributed by atoms with Crippen LogP contribution in [0.1, 0.15) is 106 Å². The molecular formula is C41H52N4O4. The lowest BCUT2D eigenvalue weighted by Crippen LogP contribution is -2.67. The monoisotopic (exact) mass is 664 g/mol. The predicted octanol–water partition coefficient (Wildman–Crippen LogP) is 8.14. The topological polar surface area (TPSA) is 91.0 Å². The van der Waals surface area contributed by atoms with Crippen LogP contribution in [-0.4, -0.2) is 40.9 Å². The maximum absolute atomic E-state index is 14.1. The average molecular weight is 665 g/mol. The smallest absolute Gasteiger partial charge is 0.321 e. The van der Waals surface area contributed by atoms with Crippen LogP contribution in [0, 0.1) is 5.92 Å². The number of urea groups is 2. The number of benzene rings is 3. The van der Waals surface area contributed by atoms with Crippen LogP contribution in [0.4, 0.5) is 9.59 Å². The van der Waals surface area contributed by atoms with Gasteiger partial charge in [-0.3, -0.25) is 14.6 Å². The number of ether oxygens (including phenoxy) is 1. The van der Waals surface area contributed by atoms with E-state index in [4.69, 9.17) is 4.74 Å². The van der Waals surface area contributed by atoms with Gasteiger partial charge in [0.25, 0.3) is 0 Å². The number of hydrogen-bond acceptors (Lipinski definition) is 4. The van der Waals surface area contributed by atoms with Crippen molar-refractivity contribution >= 4 is 18.0 Å². The van der Waals surface area contributed by atoms with Gasteiger partial charge in [-0.25, -0.2) is 9.59 Å². The maximum atomic E-state index is 14.1. The zero-order valence-electron chi connectivity index (χ0n) is 29.2. The van der Waals surface area contributed by atoms with Crippen molar-refractivity contribution in [1.82, 2.24) is 20.4 Å². The van der Waals surface area contributed by atoms with Crippen LogP contribution in [0.15, 0.2) is 78.9 Å². The highest BCUT2D eigenvalue weighted by atomic mass is 16.5. The fraction of sp³-hybridized carbons (Fsp3) is 0.488. The van der Waals surface area contributed by atoms with Gasteiger partial charge in [0, 0.05) is 24.2 Å². The quantitative estimate of drug-likeness (QED) is 0.113. The van der Waals surface area contributed by atoms with Crippen LogP contribution in [0.5, 0.6) is 0 Å². The highest BCUT2D eigenvalue weighted by Crippen LogP contribution is 2.56. The molecule has 3 heterocycles. The fourth-order valence-corrected chi connectivity index (χ4v) is 7.99. The van der Waals surface area contributed by atoms with Gasteiger partial charge in [-0.1, -0.05) is 144 Å². The number of rotatable bonds is 17. The molecule has 260 valence electrons. The number of nitrogens with one attached hydrogen (secondary N) is 2. The van der Waals surface area contributed by atoms with Gasteiger partial charge in [0.15, 0.2) is 11.3 Å². The van der Waals surface area contributed by atoms with Gasteiger partial charge in [0.05, 0.1) is 5.92 Å². The molecule has 3 aliphatic rings. The van der Waals surface area contributed by atoms with E-state index in [0.29, 0.717) is 0 Å². The van der Waals surface area contributed by atoms with Gasteiger partial charge in [-0.05, 0) is 42.4 Å². The molecular weight excluding hydrogens is 612 g/mol. The second-order valence-electron chi connectivity index (χ2n) is 14.0. The van der Waals surface area contributed by atoms with E-state index in [1.54, 1.807) is 9.80 Å². The van der Waals surface area contributed by atoms with Crippen molar-refractivity contribution in [1.29, 1.82) is 0 Å². The Morgan fingerprint density at radius 1 is 0.653 bits per heavy atom. The van der Waals surface area contributed by atoms with E-state index in [9.17, 15) is 14.4 Å². The zero-order valence-corrected chi connectivity index (χ0v) is 29.2. The molecule has 3 fully saturated rings. The average Bonchev–Trinajstić information content (AvgIpc) is 3.54. The second kappa shape index (κ2) is 15.5. The normalized spacial score (nSPS) is 22.5. The van der Waals surface area contributed by atoms with E-state index < -0.39 is 23.2 Å². The van der Waals surface area contributed by atoms with Crippen LogP contribution in [0.25, 0.3) is 0 Å². The van der Waals surface area contributed by atoms with Gasteiger partial charge < -0.3 is 15.4 Å². The number of nitrogens with zero attached hydrogens (tertiary/aromatic N) is 2. The lowest BCUT2D eigenvalue weighted by atomic mass is 9.78. The molecule has 3 aliphatic heterocycles. The second-order valence-corrected chi connectivity index (χ2v) is 14.0. The number of unbranched alkanes of at least 4 members (excludes halogenated alkanes) is 8. The molecule has 0 spiro atoms. The third-order valence-electron chi connectivity index (χ3n) is 10.6. The molecule has 49 heavy (non-hydrogen) atoms. The molecule has 0 saturated carbocycles. The van der Waals surface area contributed by atoms with Crippen molar-refractivity contribution in [3.05, 3.63) is 107 Å². The first-order chi connectivity index (χ1) is 23.9. The number of amides is 4. The SMILES string of the molecule is CCCCCCCc1ccc(C23NC(=O)N4CC(C(=O)OCc5ccccc5)CN(C(=O)N2)C43c2ccc(CCCCCCC)cc2)cc1. The Morgan fingerprint density at radius 2 is 1.14 bits per heavy atom. The molecule has 0 unspecified atom stereocenters. The van der Waals surface area contributed by atoms with E-state index in [2.05, 4.69) is 60.9 Å². The molecule has 0 bridgehead atoms. The van der Waals surface area contributed by atoms with Gasteiger partial charge >= 0.3 is 18.0 Å². The van der Waals surface area contributed by atoms with E-state index in [-0.39, 0.29) is 31.8 Å². The molecule has 4 amide bonds. The van der Waals surface area contributed by atoms with E-state index >= 15 is 0 Å². The summed E-state index contributed by atoms with van der Waals surface area (Å²) in [6.07, 6.45) is 14.1. The summed E-state index contributed by atoms with van der Waals surface area (Å²) in [5.41, 5.74) is 2.53. The highest BCUT2D eigenvalue weighted by molar-refractivity contribution is 5.91. The summed E-state index contributed by atoms with van der Waals surface area (Å²) in [5.74, 6) is -1.12. The third-order valence-corrected chi connectivity index (χ3v) is 10.6. The molecule has 0 aromatic heterocycles. The fourth-order valence-electron chi connectivity index (χ4n) is 7.99. The standard InChI is InChI=1S/C41H52N4O4/c1-3-5-7-9-12-16-31-20-24-35(25-21-31)40-41(36-26-22-32(23-27-36)17-13-10-8-6-4-2)44(38(47)42-40)28-34(29-45(41)39(48)43-40)37(46)49-30-33-18-14-11-15-19-33/h11,14-15,18-27,34H,3-10,12-13,16-17,28-30H2,1-2H3,(H,42,47)(H,43,48). The summed E-state index contributed by atoms with van der Waals surface area (Å²) in [4.78, 5) is 45.0. The molecule has 0 aliphatic carbocycles. The molecule has 3 saturated heterocycles. The van der Waals surface area contributed by atoms with Crippen LogP contribution in [0.3, 0.4) is 0 Å².